The van der Waals surface area contributed by atoms with E-state index < -0.39 is 0 Å². The number of fused-ring (bicyclic) bond motifs is 2. The highest BCUT2D eigenvalue weighted by molar-refractivity contribution is 7.13. The normalized spacial score (nSPS) is 12.7. The van der Waals surface area contributed by atoms with Crippen LogP contribution in [0.25, 0.3) is 21.5 Å². The average Bonchev–Trinajstić information content (AvgIpc) is 3.38. The topological polar surface area (TPSA) is 72.1 Å². The van der Waals surface area contributed by atoms with Crippen LogP contribution in [-0.4, -0.2) is 22.0 Å². The number of nitrogens with zero attached hydrogens (tertiary/aromatic N) is 2. The molecule has 0 aliphatic carbocycles. The molecule has 6 nitrogen and oxygen atoms in total. The first-order valence-corrected chi connectivity index (χ1v) is 9.16. The minimum atomic E-state index is 0.284. The van der Waals surface area contributed by atoms with Gasteiger partial charge in [0.15, 0.2) is 11.5 Å². The van der Waals surface area contributed by atoms with Gasteiger partial charge in [-0.05, 0) is 42.8 Å². The zero-order chi connectivity index (χ0) is 17.5. The molecule has 0 atom stereocenters. The SMILES string of the molecule is Cc1cc2[nH]ncc2cc1NCc1csc(-c2ccc3c(c2)OCO3)n1. The van der Waals surface area contributed by atoms with Crippen LogP contribution in [0.1, 0.15) is 11.3 Å². The van der Waals surface area contributed by atoms with Gasteiger partial charge in [0.05, 0.1) is 24.0 Å². The van der Waals surface area contributed by atoms with Crippen molar-refractivity contribution in [2.24, 2.45) is 0 Å². The summed E-state index contributed by atoms with van der Waals surface area (Å²) in [5.74, 6) is 1.57. The van der Waals surface area contributed by atoms with E-state index in [1.54, 1.807) is 11.3 Å². The van der Waals surface area contributed by atoms with Crippen molar-refractivity contribution in [2.45, 2.75) is 13.5 Å². The van der Waals surface area contributed by atoms with E-state index >= 15 is 0 Å². The molecule has 0 fully saturated rings. The van der Waals surface area contributed by atoms with E-state index in [0.29, 0.717) is 6.54 Å². The first-order chi connectivity index (χ1) is 12.8. The number of aryl methyl sites for hydroxylation is 1. The number of H-pyrrole nitrogens is 1. The number of aromatic amines is 1. The number of hydrogen-bond acceptors (Lipinski definition) is 6. The number of rotatable bonds is 4. The van der Waals surface area contributed by atoms with Crippen LogP contribution in [-0.2, 0) is 6.54 Å². The molecule has 1 aliphatic heterocycles. The monoisotopic (exact) mass is 364 g/mol. The fourth-order valence-electron chi connectivity index (χ4n) is 3.03. The summed E-state index contributed by atoms with van der Waals surface area (Å²) < 4.78 is 10.8. The van der Waals surface area contributed by atoms with E-state index in [1.165, 1.54) is 5.56 Å². The van der Waals surface area contributed by atoms with Crippen molar-refractivity contribution in [3.63, 3.8) is 0 Å². The lowest BCUT2D eigenvalue weighted by Gasteiger charge is -2.08. The number of hydrogen-bond donors (Lipinski definition) is 2. The molecule has 0 radical (unpaired) electrons. The Morgan fingerprint density at radius 3 is 3.08 bits per heavy atom. The van der Waals surface area contributed by atoms with Gasteiger partial charge >= 0.3 is 0 Å². The lowest BCUT2D eigenvalue weighted by Crippen LogP contribution is -2.01. The molecule has 2 aromatic carbocycles. The number of nitrogens with one attached hydrogen (secondary N) is 2. The second-order valence-corrected chi connectivity index (χ2v) is 7.05. The lowest BCUT2D eigenvalue weighted by molar-refractivity contribution is 0.174. The van der Waals surface area contributed by atoms with Gasteiger partial charge in [-0.1, -0.05) is 0 Å². The predicted octanol–water partition coefficient (Wildman–Crippen LogP) is 4.34. The van der Waals surface area contributed by atoms with Gasteiger partial charge in [-0.2, -0.15) is 5.10 Å². The molecule has 0 bridgehead atoms. The van der Waals surface area contributed by atoms with Gasteiger partial charge in [0, 0.05) is 22.0 Å². The quantitative estimate of drug-likeness (QED) is 0.564. The summed E-state index contributed by atoms with van der Waals surface area (Å²) >= 11 is 1.63. The smallest absolute Gasteiger partial charge is 0.231 e. The molecule has 0 spiro atoms. The van der Waals surface area contributed by atoms with Crippen LogP contribution in [0.4, 0.5) is 5.69 Å². The fraction of sp³-hybridized carbons (Fsp3) is 0.158. The van der Waals surface area contributed by atoms with Crippen molar-refractivity contribution in [1.82, 2.24) is 15.2 Å². The van der Waals surface area contributed by atoms with Gasteiger partial charge in [0.1, 0.15) is 5.01 Å². The largest absolute Gasteiger partial charge is 0.454 e. The summed E-state index contributed by atoms with van der Waals surface area (Å²) in [6.45, 7) is 3.04. The molecule has 130 valence electrons. The number of ether oxygens (including phenoxy) is 2. The zero-order valence-electron chi connectivity index (χ0n) is 14.1. The van der Waals surface area contributed by atoms with E-state index in [0.717, 1.165) is 44.4 Å². The van der Waals surface area contributed by atoms with Crippen LogP contribution >= 0.6 is 11.3 Å². The molecule has 3 heterocycles. The van der Waals surface area contributed by atoms with E-state index in [9.17, 15) is 0 Å². The fourth-order valence-corrected chi connectivity index (χ4v) is 3.84. The highest BCUT2D eigenvalue weighted by Gasteiger charge is 2.15. The van der Waals surface area contributed by atoms with E-state index in [4.69, 9.17) is 14.5 Å². The standard InChI is InChI=1S/C19H16N4O2S/c1-11-4-16-13(7-21-23-16)5-15(11)20-8-14-9-26-19(22-14)12-2-3-17-18(6-12)25-10-24-17/h2-7,9,20H,8,10H2,1H3,(H,21,23). The van der Waals surface area contributed by atoms with Crippen LogP contribution < -0.4 is 14.8 Å². The Hall–Kier alpha value is -3.06. The minimum Gasteiger partial charge on any atom is -0.454 e. The lowest BCUT2D eigenvalue weighted by atomic mass is 10.1. The molecule has 2 aromatic heterocycles. The highest BCUT2D eigenvalue weighted by atomic mass is 32.1. The Balaban J connectivity index is 1.34. The van der Waals surface area contributed by atoms with Gasteiger partial charge in [0.25, 0.3) is 0 Å². The molecule has 2 N–H and O–H groups in total. The maximum Gasteiger partial charge on any atom is 0.231 e. The summed E-state index contributed by atoms with van der Waals surface area (Å²) in [6.07, 6.45) is 1.83. The van der Waals surface area contributed by atoms with Gasteiger partial charge in [0.2, 0.25) is 6.79 Å². The molecule has 5 rings (SSSR count). The number of thiazole rings is 1. The summed E-state index contributed by atoms with van der Waals surface area (Å²) in [5, 5.41) is 14.7. The maximum atomic E-state index is 5.45. The van der Waals surface area contributed by atoms with Crippen LogP contribution in [0.15, 0.2) is 41.9 Å². The van der Waals surface area contributed by atoms with Crippen LogP contribution in [0.5, 0.6) is 11.5 Å². The third kappa shape index (κ3) is 2.66. The van der Waals surface area contributed by atoms with Crippen molar-refractivity contribution in [1.29, 1.82) is 0 Å². The van der Waals surface area contributed by atoms with Crippen LogP contribution in [0, 0.1) is 6.92 Å². The Labute approximate surface area is 153 Å². The third-order valence-corrected chi connectivity index (χ3v) is 5.36. The average molecular weight is 364 g/mol. The molecule has 1 aliphatic rings. The Morgan fingerprint density at radius 1 is 1.19 bits per heavy atom. The zero-order valence-corrected chi connectivity index (χ0v) is 14.9. The summed E-state index contributed by atoms with van der Waals surface area (Å²) in [4.78, 5) is 4.74. The van der Waals surface area contributed by atoms with Crippen LogP contribution in [0.3, 0.4) is 0 Å². The van der Waals surface area contributed by atoms with Crippen molar-refractivity contribution in [3.05, 3.63) is 53.2 Å². The maximum absolute atomic E-state index is 5.45. The van der Waals surface area contributed by atoms with Gasteiger partial charge in [-0.15, -0.1) is 11.3 Å². The molecule has 0 saturated carbocycles. The van der Waals surface area contributed by atoms with E-state index in [-0.39, 0.29) is 6.79 Å². The first-order valence-electron chi connectivity index (χ1n) is 8.28. The Morgan fingerprint density at radius 2 is 2.12 bits per heavy atom. The van der Waals surface area contributed by atoms with Gasteiger partial charge < -0.3 is 14.8 Å². The second kappa shape index (κ2) is 6.03. The third-order valence-electron chi connectivity index (χ3n) is 4.42. The predicted molar refractivity (Wildman–Crippen MR) is 102 cm³/mol. The molecular formula is C19H16N4O2S. The van der Waals surface area contributed by atoms with Crippen LogP contribution in [0.2, 0.25) is 0 Å². The number of benzene rings is 2. The summed E-state index contributed by atoms with van der Waals surface area (Å²) in [7, 11) is 0. The first kappa shape index (κ1) is 15.2. The van der Waals surface area contributed by atoms with Crippen molar-refractivity contribution in [3.8, 4) is 22.1 Å². The summed E-state index contributed by atoms with van der Waals surface area (Å²) in [6, 6.07) is 10.1. The molecule has 4 aromatic rings. The van der Waals surface area contributed by atoms with Crippen molar-refractivity contribution < 1.29 is 9.47 Å². The van der Waals surface area contributed by atoms with E-state index in [1.807, 2.05) is 24.4 Å². The molecule has 0 amide bonds. The Bertz CT molecular complexity index is 1100. The van der Waals surface area contributed by atoms with E-state index in [2.05, 4.69) is 40.0 Å². The second-order valence-electron chi connectivity index (χ2n) is 6.19. The molecular weight excluding hydrogens is 348 g/mol. The highest BCUT2D eigenvalue weighted by Crippen LogP contribution is 2.36. The minimum absolute atomic E-state index is 0.284. The number of anilines is 1. The number of aromatic nitrogens is 3. The molecule has 0 unspecified atom stereocenters. The van der Waals surface area contributed by atoms with Crippen molar-refractivity contribution >= 4 is 27.9 Å². The summed E-state index contributed by atoms with van der Waals surface area (Å²) in [5.41, 5.74) is 5.37. The van der Waals surface area contributed by atoms with Gasteiger partial charge in [-0.3, -0.25) is 5.10 Å². The molecule has 7 heteroatoms. The molecule has 0 saturated heterocycles. The van der Waals surface area contributed by atoms with Gasteiger partial charge in [-0.25, -0.2) is 4.98 Å². The Kier molecular flexibility index (Phi) is 3.53. The van der Waals surface area contributed by atoms with Crippen molar-refractivity contribution in [2.75, 3.05) is 12.1 Å². The molecule has 26 heavy (non-hydrogen) atoms.